The fraction of sp³-hybridized carbons (Fsp3) is 1.00. The van der Waals surface area contributed by atoms with E-state index in [1.54, 1.807) is 0 Å². The van der Waals surface area contributed by atoms with E-state index in [4.69, 9.17) is 9.84 Å². The van der Waals surface area contributed by atoms with Crippen LogP contribution in [-0.4, -0.2) is 24.1 Å². The van der Waals surface area contributed by atoms with Crippen LogP contribution in [0.25, 0.3) is 0 Å². The lowest BCUT2D eigenvalue weighted by atomic mass is 9.94. The molecule has 0 amide bonds. The average Bonchev–Trinajstić information content (AvgIpc) is 2.17. The highest BCUT2D eigenvalue weighted by molar-refractivity contribution is 4.79. The van der Waals surface area contributed by atoms with E-state index < -0.39 is 6.29 Å². The van der Waals surface area contributed by atoms with Crippen molar-refractivity contribution in [2.75, 3.05) is 6.61 Å². The van der Waals surface area contributed by atoms with Crippen LogP contribution in [-0.2, 0) is 4.74 Å². The Bertz CT molecular complexity index is 115. The largest absolute Gasteiger partial charge is 0.831 e. The summed E-state index contributed by atoms with van der Waals surface area (Å²) in [6.07, 6.45) is -1.18. The molecule has 0 bridgehead atoms. The van der Waals surface area contributed by atoms with Gasteiger partial charge in [0, 0.05) is 0 Å². The Kier molecular flexibility index (Phi) is 2.28. The van der Waals surface area contributed by atoms with E-state index in [1.165, 1.54) is 0 Å². The first kappa shape index (κ1) is 7.98. The minimum atomic E-state index is -0.938. The van der Waals surface area contributed by atoms with Crippen LogP contribution in [0, 0.1) is 11.8 Å². The molecule has 3 nitrogen and oxygen atoms in total. The monoisotopic (exact) mass is 145 g/mol. The number of ether oxygens (including phenoxy) is 1. The maximum atomic E-state index is 10.9. The first-order valence-electron chi connectivity index (χ1n) is 3.59. The molecule has 1 fully saturated rings. The lowest BCUT2D eigenvalue weighted by molar-refractivity contribution is -0.494. The minimum absolute atomic E-state index is 0.0251. The number of rotatable bonds is 1. The van der Waals surface area contributed by atoms with E-state index in [0.717, 1.165) is 0 Å². The summed E-state index contributed by atoms with van der Waals surface area (Å²) in [6.45, 7) is 3.76. The highest BCUT2D eigenvalue weighted by Gasteiger charge is 2.32. The fourth-order valence-electron chi connectivity index (χ4n) is 1.22. The van der Waals surface area contributed by atoms with Crippen molar-refractivity contribution >= 4 is 0 Å². The normalized spacial score (nSPS) is 48.0. The summed E-state index contributed by atoms with van der Waals surface area (Å²) >= 11 is 0. The first-order chi connectivity index (χ1) is 4.66. The minimum Gasteiger partial charge on any atom is -0.831 e. The molecule has 4 atom stereocenters. The van der Waals surface area contributed by atoms with Crippen LogP contribution in [0.15, 0.2) is 0 Å². The summed E-state index contributed by atoms with van der Waals surface area (Å²) < 4.78 is 4.93. The molecular formula is C7H13O3-. The van der Waals surface area contributed by atoms with Crippen LogP contribution in [0.4, 0.5) is 0 Å². The molecule has 0 saturated carbocycles. The van der Waals surface area contributed by atoms with E-state index in [9.17, 15) is 5.11 Å². The van der Waals surface area contributed by atoms with Gasteiger partial charge < -0.3 is 14.9 Å². The van der Waals surface area contributed by atoms with E-state index in [-0.39, 0.29) is 24.5 Å². The van der Waals surface area contributed by atoms with E-state index in [1.807, 2.05) is 13.8 Å². The lowest BCUT2D eigenvalue weighted by Gasteiger charge is -2.20. The van der Waals surface area contributed by atoms with Crippen molar-refractivity contribution in [3.63, 3.8) is 0 Å². The number of aliphatic hydroxyl groups is 1. The standard InChI is InChI=1S/C7H13O3/c1-4-5(2)7(9)10-6(4)3-8/h4-8H,3H2,1-2H3/q-1. The van der Waals surface area contributed by atoms with Crippen LogP contribution in [0.1, 0.15) is 13.8 Å². The lowest BCUT2D eigenvalue weighted by Crippen LogP contribution is -2.30. The Labute approximate surface area is 60.6 Å². The van der Waals surface area contributed by atoms with Crippen molar-refractivity contribution in [2.24, 2.45) is 11.8 Å². The molecule has 0 aromatic rings. The molecule has 1 aliphatic heterocycles. The van der Waals surface area contributed by atoms with Gasteiger partial charge in [0.05, 0.1) is 12.7 Å². The highest BCUT2D eigenvalue weighted by Crippen LogP contribution is 2.28. The van der Waals surface area contributed by atoms with Crippen LogP contribution in [0.3, 0.4) is 0 Å². The van der Waals surface area contributed by atoms with Crippen molar-refractivity contribution < 1.29 is 14.9 Å². The maximum Gasteiger partial charge on any atom is 0.0819 e. The summed E-state index contributed by atoms with van der Waals surface area (Å²) in [5, 5.41) is 19.6. The van der Waals surface area contributed by atoms with Crippen molar-refractivity contribution in [3.8, 4) is 0 Å². The molecule has 1 aliphatic rings. The Hall–Kier alpha value is -0.120. The molecule has 0 spiro atoms. The molecule has 1 saturated heterocycles. The predicted octanol–water partition coefficient (Wildman–Crippen LogP) is -0.664. The molecule has 0 aromatic heterocycles. The smallest absolute Gasteiger partial charge is 0.0819 e. The predicted molar refractivity (Wildman–Crippen MR) is 34.1 cm³/mol. The SMILES string of the molecule is CC1C([O-])OC(CO)C1C. The highest BCUT2D eigenvalue weighted by atomic mass is 16.6. The van der Waals surface area contributed by atoms with Gasteiger partial charge >= 0.3 is 0 Å². The van der Waals surface area contributed by atoms with Crippen LogP contribution in [0.5, 0.6) is 0 Å². The second-order valence-electron chi connectivity index (χ2n) is 2.94. The molecule has 3 heteroatoms. The van der Waals surface area contributed by atoms with Gasteiger partial charge in [-0.3, -0.25) is 0 Å². The van der Waals surface area contributed by atoms with Gasteiger partial charge in [-0.15, -0.1) is 0 Å². The molecule has 60 valence electrons. The molecule has 0 aliphatic carbocycles. The Balaban J connectivity index is 2.53. The van der Waals surface area contributed by atoms with Gasteiger partial charge in [0.1, 0.15) is 0 Å². The first-order valence-corrected chi connectivity index (χ1v) is 3.59. The molecule has 0 aromatic carbocycles. The zero-order chi connectivity index (χ0) is 7.72. The Morgan fingerprint density at radius 3 is 2.20 bits per heavy atom. The topological polar surface area (TPSA) is 52.5 Å². The third-order valence-electron chi connectivity index (χ3n) is 2.33. The van der Waals surface area contributed by atoms with Gasteiger partial charge in [-0.25, -0.2) is 0 Å². The third-order valence-corrected chi connectivity index (χ3v) is 2.33. The Morgan fingerprint density at radius 1 is 1.40 bits per heavy atom. The van der Waals surface area contributed by atoms with Crippen molar-refractivity contribution in [3.05, 3.63) is 0 Å². The van der Waals surface area contributed by atoms with Gasteiger partial charge in [-0.2, -0.15) is 0 Å². The summed E-state index contributed by atoms with van der Waals surface area (Å²) in [5.74, 6) is 0.213. The number of hydrogen-bond donors (Lipinski definition) is 1. The summed E-state index contributed by atoms with van der Waals surface area (Å²) in [6, 6.07) is 0. The van der Waals surface area contributed by atoms with Gasteiger partial charge in [-0.1, -0.05) is 13.8 Å². The number of aliphatic hydroxyl groups excluding tert-OH is 1. The van der Waals surface area contributed by atoms with Gasteiger partial charge in [0.15, 0.2) is 0 Å². The molecule has 1 heterocycles. The molecule has 1 N–H and O–H groups in total. The average molecular weight is 145 g/mol. The quantitative estimate of drug-likeness (QED) is 0.532. The maximum absolute atomic E-state index is 10.9. The molecule has 0 radical (unpaired) electrons. The van der Waals surface area contributed by atoms with E-state index in [2.05, 4.69) is 0 Å². The molecule has 4 unspecified atom stereocenters. The fourth-order valence-corrected chi connectivity index (χ4v) is 1.22. The third kappa shape index (κ3) is 1.17. The van der Waals surface area contributed by atoms with E-state index in [0.29, 0.717) is 0 Å². The van der Waals surface area contributed by atoms with Crippen LogP contribution < -0.4 is 5.11 Å². The summed E-state index contributed by atoms with van der Waals surface area (Å²) in [5.41, 5.74) is 0. The summed E-state index contributed by atoms with van der Waals surface area (Å²) in [7, 11) is 0. The van der Waals surface area contributed by atoms with Crippen LogP contribution >= 0.6 is 0 Å². The van der Waals surface area contributed by atoms with Gasteiger partial charge in [-0.05, 0) is 18.1 Å². The zero-order valence-corrected chi connectivity index (χ0v) is 6.28. The second kappa shape index (κ2) is 2.86. The second-order valence-corrected chi connectivity index (χ2v) is 2.94. The molecule has 1 rings (SSSR count). The van der Waals surface area contributed by atoms with Gasteiger partial charge in [0.2, 0.25) is 0 Å². The Morgan fingerprint density at radius 2 is 2.00 bits per heavy atom. The number of hydrogen-bond acceptors (Lipinski definition) is 3. The summed E-state index contributed by atoms with van der Waals surface area (Å²) in [4.78, 5) is 0. The van der Waals surface area contributed by atoms with E-state index >= 15 is 0 Å². The van der Waals surface area contributed by atoms with Crippen LogP contribution in [0.2, 0.25) is 0 Å². The molecule has 10 heavy (non-hydrogen) atoms. The zero-order valence-electron chi connectivity index (χ0n) is 6.28. The van der Waals surface area contributed by atoms with Gasteiger partial charge in [0.25, 0.3) is 0 Å². The van der Waals surface area contributed by atoms with Crippen molar-refractivity contribution in [1.29, 1.82) is 0 Å². The van der Waals surface area contributed by atoms with Crippen molar-refractivity contribution in [2.45, 2.75) is 26.2 Å². The van der Waals surface area contributed by atoms with Crippen molar-refractivity contribution in [1.82, 2.24) is 0 Å². The molecular weight excluding hydrogens is 132 g/mol.